The van der Waals surface area contributed by atoms with E-state index < -0.39 is 5.79 Å². The Bertz CT molecular complexity index is 375. The lowest BCUT2D eigenvalue weighted by molar-refractivity contribution is -0.178. The van der Waals surface area contributed by atoms with E-state index in [2.05, 4.69) is 0 Å². The Balaban J connectivity index is 2.30. The van der Waals surface area contributed by atoms with Crippen LogP contribution in [0.3, 0.4) is 0 Å². The minimum Gasteiger partial charge on any atom is -0.469 e. The van der Waals surface area contributed by atoms with Gasteiger partial charge in [0, 0.05) is 19.3 Å². The zero-order chi connectivity index (χ0) is 10.9. The Morgan fingerprint density at radius 3 is 3.07 bits per heavy atom. The first-order chi connectivity index (χ1) is 7.11. The molecule has 1 aromatic rings. The minimum absolute atomic E-state index is 0.121. The number of carbonyl (C=O) groups is 1. The molecule has 0 saturated carbocycles. The second-order valence-electron chi connectivity index (χ2n) is 3.79. The summed E-state index contributed by atoms with van der Waals surface area (Å²) in [6.45, 7) is 1.53. The predicted octanol–water partition coefficient (Wildman–Crippen LogP) is 1.57. The summed E-state index contributed by atoms with van der Waals surface area (Å²) in [6.07, 6.45) is 4.18. The predicted molar refractivity (Wildman–Crippen MR) is 51.9 cm³/mol. The van der Waals surface area contributed by atoms with E-state index >= 15 is 0 Å². The average molecular weight is 208 g/mol. The van der Waals surface area contributed by atoms with Crippen LogP contribution in [0.4, 0.5) is 0 Å². The lowest BCUT2D eigenvalue weighted by atomic mass is 9.94. The second kappa shape index (κ2) is 3.55. The molecule has 0 aliphatic carbocycles. The first-order valence-electron chi connectivity index (χ1n) is 4.72. The molecule has 0 fully saturated rings. The van der Waals surface area contributed by atoms with Gasteiger partial charge in [-0.3, -0.25) is 4.79 Å². The third-order valence-corrected chi connectivity index (χ3v) is 2.33. The molecule has 80 valence electrons. The number of rotatable bonds is 2. The summed E-state index contributed by atoms with van der Waals surface area (Å²) in [5.74, 6) is -0.572. The van der Waals surface area contributed by atoms with Crippen LogP contribution in [0.5, 0.6) is 0 Å². The Morgan fingerprint density at radius 1 is 1.67 bits per heavy atom. The Labute approximate surface area is 87.2 Å². The number of ether oxygens (including phenoxy) is 1. The molecule has 4 nitrogen and oxygen atoms in total. The maximum Gasteiger partial charge on any atom is 0.206 e. The highest BCUT2D eigenvalue weighted by Gasteiger charge is 2.33. The van der Waals surface area contributed by atoms with Crippen molar-refractivity contribution in [1.29, 1.82) is 0 Å². The normalized spacial score (nSPS) is 30.5. The summed E-state index contributed by atoms with van der Waals surface area (Å²) in [5.41, 5.74) is 0. The van der Waals surface area contributed by atoms with E-state index in [-0.39, 0.29) is 11.7 Å². The second-order valence-corrected chi connectivity index (χ2v) is 3.79. The number of furan rings is 1. The lowest BCUT2D eigenvalue weighted by Crippen LogP contribution is -2.33. The minimum atomic E-state index is -1.32. The quantitative estimate of drug-likeness (QED) is 0.749. The molecule has 0 spiro atoms. The van der Waals surface area contributed by atoms with Crippen molar-refractivity contribution < 1.29 is 19.1 Å². The van der Waals surface area contributed by atoms with Gasteiger partial charge in [-0.15, -0.1) is 0 Å². The van der Waals surface area contributed by atoms with E-state index in [0.29, 0.717) is 12.7 Å². The van der Waals surface area contributed by atoms with Crippen molar-refractivity contribution in [3.63, 3.8) is 0 Å². The fourth-order valence-corrected chi connectivity index (χ4v) is 1.74. The molecular weight excluding hydrogens is 196 g/mol. The van der Waals surface area contributed by atoms with Crippen LogP contribution in [0.15, 0.2) is 34.6 Å². The molecule has 1 aliphatic rings. The van der Waals surface area contributed by atoms with Crippen LogP contribution in [-0.4, -0.2) is 17.2 Å². The molecule has 1 aliphatic heterocycles. The zero-order valence-electron chi connectivity index (χ0n) is 8.34. The van der Waals surface area contributed by atoms with Crippen LogP contribution in [0.25, 0.3) is 0 Å². The number of hydrogen-bond acceptors (Lipinski definition) is 4. The number of hydrogen-bond donors (Lipinski definition) is 1. The van der Waals surface area contributed by atoms with Crippen LogP contribution in [-0.2, 0) is 9.53 Å². The molecular formula is C11H12O4. The first-order valence-corrected chi connectivity index (χ1v) is 4.72. The highest BCUT2D eigenvalue weighted by Crippen LogP contribution is 2.34. The molecule has 1 aromatic heterocycles. The third-order valence-electron chi connectivity index (χ3n) is 2.33. The first kappa shape index (κ1) is 9.98. The van der Waals surface area contributed by atoms with Crippen molar-refractivity contribution in [2.75, 3.05) is 0 Å². The molecule has 0 saturated heterocycles. The van der Waals surface area contributed by atoms with Gasteiger partial charge in [-0.2, -0.15) is 0 Å². The molecule has 1 N–H and O–H groups in total. The van der Waals surface area contributed by atoms with Crippen LogP contribution in [0.2, 0.25) is 0 Å². The largest absolute Gasteiger partial charge is 0.469 e. The summed E-state index contributed by atoms with van der Waals surface area (Å²) < 4.78 is 10.3. The van der Waals surface area contributed by atoms with Crippen LogP contribution in [0.1, 0.15) is 25.0 Å². The zero-order valence-corrected chi connectivity index (χ0v) is 8.34. The number of aldehydes is 1. The highest BCUT2D eigenvalue weighted by atomic mass is 16.6. The Morgan fingerprint density at radius 2 is 2.47 bits per heavy atom. The molecule has 2 heterocycles. The van der Waals surface area contributed by atoms with Gasteiger partial charge in [0.15, 0.2) is 12.0 Å². The lowest BCUT2D eigenvalue weighted by Gasteiger charge is -2.31. The van der Waals surface area contributed by atoms with Crippen LogP contribution in [0, 0.1) is 0 Å². The van der Waals surface area contributed by atoms with Gasteiger partial charge in [0.1, 0.15) is 5.76 Å². The van der Waals surface area contributed by atoms with Gasteiger partial charge in [-0.25, -0.2) is 0 Å². The van der Waals surface area contributed by atoms with Crippen molar-refractivity contribution >= 4 is 6.29 Å². The van der Waals surface area contributed by atoms with Gasteiger partial charge in [-0.1, -0.05) is 0 Å². The highest BCUT2D eigenvalue weighted by molar-refractivity contribution is 5.70. The summed E-state index contributed by atoms with van der Waals surface area (Å²) in [7, 11) is 0. The Kier molecular flexibility index (Phi) is 2.36. The fraction of sp³-hybridized carbons (Fsp3) is 0.364. The smallest absolute Gasteiger partial charge is 0.206 e. The summed E-state index contributed by atoms with van der Waals surface area (Å²) >= 11 is 0. The summed E-state index contributed by atoms with van der Waals surface area (Å²) in [4.78, 5) is 10.6. The molecule has 0 bridgehead atoms. The molecule has 2 unspecified atom stereocenters. The van der Waals surface area contributed by atoms with Gasteiger partial charge >= 0.3 is 0 Å². The van der Waals surface area contributed by atoms with E-state index in [0.717, 1.165) is 5.76 Å². The monoisotopic (exact) mass is 208 g/mol. The van der Waals surface area contributed by atoms with E-state index in [9.17, 15) is 9.90 Å². The summed E-state index contributed by atoms with van der Waals surface area (Å²) in [5, 5.41) is 9.78. The van der Waals surface area contributed by atoms with Gasteiger partial charge in [0.2, 0.25) is 5.79 Å². The van der Waals surface area contributed by atoms with Crippen molar-refractivity contribution in [1.82, 2.24) is 0 Å². The fourth-order valence-electron chi connectivity index (χ4n) is 1.74. The molecule has 2 rings (SSSR count). The maximum atomic E-state index is 10.6. The topological polar surface area (TPSA) is 59.7 Å². The van der Waals surface area contributed by atoms with Gasteiger partial charge < -0.3 is 14.3 Å². The molecule has 2 atom stereocenters. The standard InChI is InChI=1S/C11H12O4/c1-11(13)6-8(5-9(7-12)15-11)10-3-2-4-14-10/h2-5,7-8,13H,6H2,1H3. The number of allylic oxidation sites excluding steroid dienone is 2. The van der Waals surface area contributed by atoms with E-state index in [1.165, 1.54) is 6.92 Å². The molecule has 0 amide bonds. The number of carbonyl (C=O) groups excluding carboxylic acids is 1. The van der Waals surface area contributed by atoms with Crippen LogP contribution < -0.4 is 0 Å². The van der Waals surface area contributed by atoms with Crippen molar-refractivity contribution in [3.8, 4) is 0 Å². The molecule has 0 radical (unpaired) electrons. The van der Waals surface area contributed by atoms with Crippen LogP contribution >= 0.6 is 0 Å². The molecule has 0 aromatic carbocycles. The summed E-state index contributed by atoms with van der Waals surface area (Å²) in [6, 6.07) is 3.58. The average Bonchev–Trinajstić information content (AvgIpc) is 2.68. The molecule has 4 heteroatoms. The molecule has 15 heavy (non-hydrogen) atoms. The maximum absolute atomic E-state index is 10.6. The van der Waals surface area contributed by atoms with E-state index in [1.807, 2.05) is 6.07 Å². The van der Waals surface area contributed by atoms with Gasteiger partial charge in [0.05, 0.1) is 6.26 Å². The Hall–Kier alpha value is -1.55. The van der Waals surface area contributed by atoms with E-state index in [4.69, 9.17) is 9.15 Å². The van der Waals surface area contributed by atoms with Gasteiger partial charge in [-0.05, 0) is 18.2 Å². The number of aliphatic hydroxyl groups is 1. The van der Waals surface area contributed by atoms with Gasteiger partial charge in [0.25, 0.3) is 0 Å². The van der Waals surface area contributed by atoms with E-state index in [1.54, 1.807) is 18.4 Å². The van der Waals surface area contributed by atoms with Crippen molar-refractivity contribution in [3.05, 3.63) is 36.0 Å². The third kappa shape index (κ3) is 2.10. The van der Waals surface area contributed by atoms with Crippen molar-refractivity contribution in [2.45, 2.75) is 25.0 Å². The van der Waals surface area contributed by atoms with Crippen molar-refractivity contribution in [2.24, 2.45) is 0 Å². The SMILES string of the molecule is CC1(O)CC(c2ccco2)C=C(C=O)O1.